The topological polar surface area (TPSA) is 59.9 Å². The van der Waals surface area contributed by atoms with Gasteiger partial charge in [0.2, 0.25) is 0 Å². The number of rotatable bonds is 10. The lowest BCUT2D eigenvalue weighted by Gasteiger charge is -2.32. The second-order valence-corrected chi connectivity index (χ2v) is 7.23. The molecule has 3 N–H and O–H groups in total. The van der Waals surface area contributed by atoms with Crippen LogP contribution in [-0.2, 0) is 6.54 Å². The van der Waals surface area contributed by atoms with Crippen molar-refractivity contribution in [3.8, 4) is 0 Å². The smallest absolute Gasteiger partial charge is 0.191 e. The van der Waals surface area contributed by atoms with Crippen LogP contribution in [0.3, 0.4) is 0 Å². The first-order valence-corrected chi connectivity index (χ1v) is 9.81. The quantitative estimate of drug-likeness (QED) is 0.264. The number of hydrogen-bond acceptors (Lipinski definition) is 3. The maximum atomic E-state index is 9.40. The number of halogens is 1. The minimum Gasteiger partial charge on any atom is -0.396 e. The number of nitrogens with zero attached hydrogens (tertiary/aromatic N) is 2. The summed E-state index contributed by atoms with van der Waals surface area (Å²) in [6.45, 7) is 11.1. The number of nitrogens with one attached hydrogen (secondary N) is 2. The molecule has 0 saturated carbocycles. The minimum absolute atomic E-state index is 0. The molecule has 1 aromatic carbocycles. The highest BCUT2D eigenvalue weighted by Crippen LogP contribution is 2.29. The monoisotopic (exact) mass is 490 g/mol. The summed E-state index contributed by atoms with van der Waals surface area (Å²) in [6.07, 6.45) is 2.90. The highest BCUT2D eigenvalue weighted by Gasteiger charge is 2.25. The Balaban J connectivity index is 0.00000676. The van der Waals surface area contributed by atoms with Crippen LogP contribution in [0.1, 0.15) is 51.2 Å². The Morgan fingerprint density at radius 3 is 2.30 bits per heavy atom. The van der Waals surface area contributed by atoms with Crippen LogP contribution >= 0.6 is 24.0 Å². The van der Waals surface area contributed by atoms with Crippen molar-refractivity contribution in [2.24, 2.45) is 10.4 Å². The number of aliphatic hydroxyl groups excluding tert-OH is 1. The highest BCUT2D eigenvalue weighted by molar-refractivity contribution is 14.0. The molecule has 0 spiro atoms. The van der Waals surface area contributed by atoms with Gasteiger partial charge in [-0.2, -0.15) is 0 Å². The Bertz CT molecular complexity index is 571. The Morgan fingerprint density at radius 2 is 1.81 bits per heavy atom. The van der Waals surface area contributed by atoms with Crippen molar-refractivity contribution < 1.29 is 5.11 Å². The van der Waals surface area contributed by atoms with Gasteiger partial charge in [-0.1, -0.05) is 19.9 Å². The molecule has 0 amide bonds. The molecule has 0 heterocycles. The van der Waals surface area contributed by atoms with Gasteiger partial charge in [0.1, 0.15) is 0 Å². The third-order valence-electron chi connectivity index (χ3n) is 5.37. The molecule has 0 unspecified atom stereocenters. The van der Waals surface area contributed by atoms with Crippen molar-refractivity contribution in [2.75, 3.05) is 38.7 Å². The van der Waals surface area contributed by atoms with E-state index < -0.39 is 0 Å². The summed E-state index contributed by atoms with van der Waals surface area (Å²) in [5.41, 5.74) is 3.82. The lowest BCUT2D eigenvalue weighted by Crippen LogP contribution is -2.43. The van der Waals surface area contributed by atoms with Gasteiger partial charge in [-0.3, -0.25) is 0 Å². The number of hydrogen-bond donors (Lipinski definition) is 3. The van der Waals surface area contributed by atoms with Crippen molar-refractivity contribution in [1.82, 2.24) is 10.6 Å². The molecule has 0 atom stereocenters. The van der Waals surface area contributed by atoms with E-state index in [2.05, 4.69) is 75.5 Å². The normalized spacial score (nSPS) is 11.7. The highest BCUT2D eigenvalue weighted by atomic mass is 127. The summed E-state index contributed by atoms with van der Waals surface area (Å²) >= 11 is 0. The van der Waals surface area contributed by atoms with Crippen molar-refractivity contribution in [3.05, 3.63) is 29.3 Å². The fraction of sp³-hybridized carbons (Fsp3) is 0.667. The van der Waals surface area contributed by atoms with Gasteiger partial charge in [-0.15, -0.1) is 24.0 Å². The standard InChI is InChI=1S/C21H38N4O.HI/c1-7-21(8-2,12-13-26)16-24-20(22-9-3)23-15-18-10-11-19(25(5)6)14-17(18)4;/h10-11,14,26H,7-9,12-13,15-16H2,1-6H3,(H2,22,23,24);1H. The molecule has 0 aliphatic rings. The lowest BCUT2D eigenvalue weighted by atomic mass is 9.79. The summed E-state index contributed by atoms with van der Waals surface area (Å²) in [5, 5.41) is 16.2. The van der Waals surface area contributed by atoms with Crippen LogP contribution in [0.2, 0.25) is 0 Å². The van der Waals surface area contributed by atoms with E-state index in [1.165, 1.54) is 16.8 Å². The Morgan fingerprint density at radius 1 is 1.15 bits per heavy atom. The molecule has 0 fully saturated rings. The van der Waals surface area contributed by atoms with Gasteiger partial charge in [0.05, 0.1) is 6.54 Å². The van der Waals surface area contributed by atoms with Gasteiger partial charge in [0.15, 0.2) is 5.96 Å². The molecule has 5 nitrogen and oxygen atoms in total. The molecule has 0 bridgehead atoms. The van der Waals surface area contributed by atoms with Crippen LogP contribution in [0.25, 0.3) is 0 Å². The lowest BCUT2D eigenvalue weighted by molar-refractivity contribution is 0.169. The zero-order valence-corrected chi connectivity index (χ0v) is 20.3. The van der Waals surface area contributed by atoms with Crippen molar-refractivity contribution in [3.63, 3.8) is 0 Å². The molecule has 1 aromatic rings. The number of aliphatic imine (C=N–C) groups is 1. The number of anilines is 1. The molecule has 0 aromatic heterocycles. The Kier molecular flexibility index (Phi) is 12.7. The number of guanidine groups is 1. The van der Waals surface area contributed by atoms with Gasteiger partial charge >= 0.3 is 0 Å². The van der Waals surface area contributed by atoms with E-state index >= 15 is 0 Å². The predicted molar refractivity (Wildman–Crippen MR) is 128 cm³/mol. The largest absolute Gasteiger partial charge is 0.396 e. The van der Waals surface area contributed by atoms with Crippen molar-refractivity contribution in [2.45, 2.75) is 53.5 Å². The van der Waals surface area contributed by atoms with Gasteiger partial charge in [0.25, 0.3) is 0 Å². The average Bonchev–Trinajstić information content (AvgIpc) is 2.63. The second kappa shape index (κ2) is 13.2. The molecule has 6 heteroatoms. The van der Waals surface area contributed by atoms with Crippen LogP contribution in [0.5, 0.6) is 0 Å². The van der Waals surface area contributed by atoms with E-state index in [9.17, 15) is 5.11 Å². The molecule has 1 rings (SSSR count). The number of benzene rings is 1. The fourth-order valence-corrected chi connectivity index (χ4v) is 3.09. The van der Waals surface area contributed by atoms with Crippen LogP contribution in [0.4, 0.5) is 5.69 Å². The van der Waals surface area contributed by atoms with Crippen LogP contribution in [0, 0.1) is 12.3 Å². The first kappa shape index (κ1) is 26.0. The summed E-state index contributed by atoms with van der Waals surface area (Å²) in [7, 11) is 4.11. The van der Waals surface area contributed by atoms with Gasteiger partial charge in [-0.05, 0) is 61.8 Å². The van der Waals surface area contributed by atoms with Gasteiger partial charge in [0, 0.05) is 39.5 Å². The molecular weight excluding hydrogens is 451 g/mol. The molecule has 27 heavy (non-hydrogen) atoms. The number of aryl methyl sites for hydroxylation is 1. The maximum absolute atomic E-state index is 9.40. The summed E-state index contributed by atoms with van der Waals surface area (Å²) in [4.78, 5) is 6.88. The van der Waals surface area contributed by atoms with Crippen molar-refractivity contribution in [1.29, 1.82) is 0 Å². The van der Waals surface area contributed by atoms with E-state index in [0.29, 0.717) is 6.54 Å². The Hall–Kier alpha value is -1.02. The zero-order chi connectivity index (χ0) is 19.6. The molecule has 156 valence electrons. The number of aliphatic hydroxyl groups is 1. The van der Waals surface area contributed by atoms with E-state index in [1.807, 2.05) is 0 Å². The third kappa shape index (κ3) is 8.25. The second-order valence-electron chi connectivity index (χ2n) is 7.23. The van der Waals surface area contributed by atoms with E-state index in [0.717, 1.165) is 38.3 Å². The molecular formula is C21H39IN4O. The molecule has 0 saturated heterocycles. The van der Waals surface area contributed by atoms with E-state index in [1.54, 1.807) is 0 Å². The van der Waals surface area contributed by atoms with Gasteiger partial charge < -0.3 is 20.6 Å². The van der Waals surface area contributed by atoms with Crippen LogP contribution in [0.15, 0.2) is 23.2 Å². The summed E-state index contributed by atoms with van der Waals surface area (Å²) < 4.78 is 0. The molecule has 0 aliphatic heterocycles. The van der Waals surface area contributed by atoms with Crippen LogP contribution < -0.4 is 15.5 Å². The third-order valence-corrected chi connectivity index (χ3v) is 5.37. The predicted octanol–water partition coefficient (Wildman–Crippen LogP) is 3.92. The Labute approximate surface area is 183 Å². The average molecular weight is 490 g/mol. The molecule has 0 radical (unpaired) electrons. The maximum Gasteiger partial charge on any atom is 0.191 e. The zero-order valence-electron chi connectivity index (χ0n) is 17.9. The first-order valence-electron chi connectivity index (χ1n) is 9.81. The minimum atomic E-state index is 0. The van der Waals surface area contributed by atoms with Crippen LogP contribution in [-0.4, -0.2) is 44.9 Å². The fourth-order valence-electron chi connectivity index (χ4n) is 3.09. The summed E-state index contributed by atoms with van der Waals surface area (Å²) in [5.74, 6) is 0.841. The van der Waals surface area contributed by atoms with Crippen molar-refractivity contribution >= 4 is 35.6 Å². The SMILES string of the molecule is CCNC(=NCc1ccc(N(C)C)cc1C)NCC(CC)(CC)CCO.I. The van der Waals surface area contributed by atoms with E-state index in [-0.39, 0.29) is 36.0 Å². The molecule has 0 aliphatic carbocycles. The summed E-state index contributed by atoms with van der Waals surface area (Å²) in [6, 6.07) is 6.50. The van der Waals surface area contributed by atoms with Gasteiger partial charge in [-0.25, -0.2) is 4.99 Å². The first-order chi connectivity index (χ1) is 12.4. The van der Waals surface area contributed by atoms with E-state index in [4.69, 9.17) is 4.99 Å².